The van der Waals surface area contributed by atoms with Crippen LogP contribution in [0.3, 0.4) is 0 Å². The molecule has 1 unspecified atom stereocenters. The zero-order valence-electron chi connectivity index (χ0n) is 11.1. The van der Waals surface area contributed by atoms with E-state index in [-0.39, 0.29) is 0 Å². The minimum atomic E-state index is 0.753. The Morgan fingerprint density at radius 3 is 2.71 bits per heavy atom. The summed E-state index contributed by atoms with van der Waals surface area (Å²) in [5.41, 5.74) is 4.37. The van der Waals surface area contributed by atoms with Gasteiger partial charge in [-0.1, -0.05) is 12.5 Å². The second kappa shape index (κ2) is 5.70. The molecule has 1 nitrogen and oxygen atoms in total. The SMILES string of the molecule is Cc1cc(CN2CCCCC2C)c(C)cc1I. The molecule has 0 spiro atoms. The highest BCUT2D eigenvalue weighted by molar-refractivity contribution is 14.1. The quantitative estimate of drug-likeness (QED) is 0.725. The lowest BCUT2D eigenvalue weighted by atomic mass is 10.0. The van der Waals surface area contributed by atoms with Gasteiger partial charge in [-0.2, -0.15) is 0 Å². The van der Waals surface area contributed by atoms with Crippen LogP contribution in [-0.4, -0.2) is 17.5 Å². The summed E-state index contributed by atoms with van der Waals surface area (Å²) >= 11 is 2.43. The molecule has 0 saturated carbocycles. The summed E-state index contributed by atoms with van der Waals surface area (Å²) in [6, 6.07) is 5.45. The van der Waals surface area contributed by atoms with E-state index in [0.29, 0.717) is 0 Å². The van der Waals surface area contributed by atoms with Crippen molar-refractivity contribution < 1.29 is 0 Å². The normalized spacial score (nSPS) is 21.8. The van der Waals surface area contributed by atoms with Gasteiger partial charge in [-0.3, -0.25) is 4.90 Å². The number of aryl methyl sites for hydroxylation is 2. The smallest absolute Gasteiger partial charge is 0.0239 e. The zero-order valence-corrected chi connectivity index (χ0v) is 13.3. The number of piperidine rings is 1. The number of benzene rings is 1. The van der Waals surface area contributed by atoms with Gasteiger partial charge in [0.1, 0.15) is 0 Å². The monoisotopic (exact) mass is 343 g/mol. The van der Waals surface area contributed by atoms with Crippen LogP contribution in [0.25, 0.3) is 0 Å². The summed E-state index contributed by atoms with van der Waals surface area (Å²) in [6.45, 7) is 9.22. The van der Waals surface area contributed by atoms with Crippen molar-refractivity contribution in [2.24, 2.45) is 0 Å². The molecule has 17 heavy (non-hydrogen) atoms. The first kappa shape index (κ1) is 13.3. The van der Waals surface area contributed by atoms with Crippen LogP contribution in [0.4, 0.5) is 0 Å². The van der Waals surface area contributed by atoms with E-state index in [4.69, 9.17) is 0 Å². The summed E-state index contributed by atoms with van der Waals surface area (Å²) in [5.74, 6) is 0. The molecule has 0 aromatic heterocycles. The van der Waals surface area contributed by atoms with E-state index in [1.54, 1.807) is 0 Å². The molecule has 1 saturated heterocycles. The fourth-order valence-electron chi connectivity index (χ4n) is 2.62. The third-order valence-electron chi connectivity index (χ3n) is 3.93. The lowest BCUT2D eigenvalue weighted by Crippen LogP contribution is -2.36. The molecule has 1 aromatic rings. The molecule has 94 valence electrons. The van der Waals surface area contributed by atoms with Crippen molar-refractivity contribution in [2.75, 3.05) is 6.54 Å². The number of halogens is 1. The Balaban J connectivity index is 2.15. The van der Waals surface area contributed by atoms with E-state index >= 15 is 0 Å². The van der Waals surface area contributed by atoms with Gasteiger partial charge in [0.2, 0.25) is 0 Å². The lowest BCUT2D eigenvalue weighted by Gasteiger charge is -2.33. The second-order valence-electron chi connectivity index (χ2n) is 5.34. The minimum absolute atomic E-state index is 0.753. The van der Waals surface area contributed by atoms with Crippen molar-refractivity contribution in [1.29, 1.82) is 0 Å². The molecule has 1 atom stereocenters. The zero-order chi connectivity index (χ0) is 12.4. The molecular formula is C15H22IN. The highest BCUT2D eigenvalue weighted by Crippen LogP contribution is 2.23. The Morgan fingerprint density at radius 2 is 2.00 bits per heavy atom. The molecule has 1 aromatic carbocycles. The van der Waals surface area contributed by atoms with E-state index in [1.807, 2.05) is 0 Å². The summed E-state index contributed by atoms with van der Waals surface area (Å²) in [6.07, 6.45) is 4.14. The van der Waals surface area contributed by atoms with Crippen LogP contribution in [0.2, 0.25) is 0 Å². The molecular weight excluding hydrogens is 321 g/mol. The molecule has 0 N–H and O–H groups in total. The number of likely N-dealkylation sites (tertiary alicyclic amines) is 1. The van der Waals surface area contributed by atoms with Gasteiger partial charge in [0.15, 0.2) is 0 Å². The highest BCUT2D eigenvalue weighted by atomic mass is 127. The second-order valence-corrected chi connectivity index (χ2v) is 6.51. The third kappa shape index (κ3) is 3.22. The fraction of sp³-hybridized carbons (Fsp3) is 0.600. The first-order valence-electron chi connectivity index (χ1n) is 6.57. The lowest BCUT2D eigenvalue weighted by molar-refractivity contribution is 0.152. The van der Waals surface area contributed by atoms with Crippen LogP contribution in [0, 0.1) is 17.4 Å². The first-order chi connectivity index (χ1) is 8.08. The first-order valence-corrected chi connectivity index (χ1v) is 7.65. The predicted molar refractivity (Wildman–Crippen MR) is 82.4 cm³/mol. The highest BCUT2D eigenvalue weighted by Gasteiger charge is 2.18. The predicted octanol–water partition coefficient (Wildman–Crippen LogP) is 4.28. The molecule has 0 amide bonds. The number of nitrogens with zero attached hydrogens (tertiary/aromatic N) is 1. The molecule has 2 rings (SSSR count). The Labute approximate surface area is 119 Å². The van der Waals surface area contributed by atoms with Gasteiger partial charge in [-0.15, -0.1) is 0 Å². The molecule has 0 aliphatic carbocycles. The molecule has 0 radical (unpaired) electrons. The Morgan fingerprint density at radius 1 is 1.24 bits per heavy atom. The minimum Gasteiger partial charge on any atom is -0.296 e. The van der Waals surface area contributed by atoms with Crippen LogP contribution in [0.15, 0.2) is 12.1 Å². The van der Waals surface area contributed by atoms with Crippen molar-refractivity contribution >= 4 is 22.6 Å². The van der Waals surface area contributed by atoms with Crippen molar-refractivity contribution in [3.63, 3.8) is 0 Å². The van der Waals surface area contributed by atoms with Crippen LogP contribution >= 0.6 is 22.6 Å². The van der Waals surface area contributed by atoms with E-state index in [1.165, 1.54) is 46.1 Å². The van der Waals surface area contributed by atoms with Crippen LogP contribution in [0.5, 0.6) is 0 Å². The number of hydrogen-bond acceptors (Lipinski definition) is 1. The van der Waals surface area contributed by atoms with E-state index < -0.39 is 0 Å². The average molecular weight is 343 g/mol. The Hall–Kier alpha value is -0.0900. The van der Waals surface area contributed by atoms with Gasteiger partial charge in [0.25, 0.3) is 0 Å². The largest absolute Gasteiger partial charge is 0.296 e. The summed E-state index contributed by atoms with van der Waals surface area (Å²) in [7, 11) is 0. The Bertz CT molecular complexity index is 400. The van der Waals surface area contributed by atoms with Gasteiger partial charge in [0.05, 0.1) is 0 Å². The van der Waals surface area contributed by atoms with Gasteiger partial charge in [0, 0.05) is 16.2 Å². The maximum Gasteiger partial charge on any atom is 0.0239 e. The van der Waals surface area contributed by atoms with Gasteiger partial charge >= 0.3 is 0 Å². The maximum atomic E-state index is 2.64. The summed E-state index contributed by atoms with van der Waals surface area (Å²) in [4.78, 5) is 2.64. The standard InChI is InChI=1S/C15H22IN/c1-11-9-15(16)12(2)8-14(11)10-17-7-5-4-6-13(17)3/h8-9,13H,4-7,10H2,1-3H3. The van der Waals surface area contributed by atoms with Crippen LogP contribution < -0.4 is 0 Å². The molecule has 2 heteroatoms. The van der Waals surface area contributed by atoms with Crippen LogP contribution in [0.1, 0.15) is 42.9 Å². The van der Waals surface area contributed by atoms with Crippen molar-refractivity contribution in [3.8, 4) is 0 Å². The van der Waals surface area contributed by atoms with E-state index in [2.05, 4.69) is 60.4 Å². The fourth-order valence-corrected chi connectivity index (χ4v) is 3.25. The van der Waals surface area contributed by atoms with Crippen LogP contribution in [-0.2, 0) is 6.54 Å². The summed E-state index contributed by atoms with van der Waals surface area (Å²) in [5, 5.41) is 0. The van der Waals surface area contributed by atoms with Crippen molar-refractivity contribution in [2.45, 2.75) is 52.6 Å². The topological polar surface area (TPSA) is 3.24 Å². The third-order valence-corrected chi connectivity index (χ3v) is 5.09. The molecule has 1 aliphatic rings. The maximum absolute atomic E-state index is 2.64. The number of hydrogen-bond donors (Lipinski definition) is 0. The number of rotatable bonds is 2. The Kier molecular flexibility index (Phi) is 4.47. The molecule has 1 aliphatic heterocycles. The average Bonchev–Trinajstić information content (AvgIpc) is 2.29. The van der Waals surface area contributed by atoms with Gasteiger partial charge in [-0.25, -0.2) is 0 Å². The van der Waals surface area contributed by atoms with E-state index in [9.17, 15) is 0 Å². The van der Waals surface area contributed by atoms with Gasteiger partial charge < -0.3 is 0 Å². The van der Waals surface area contributed by atoms with E-state index in [0.717, 1.165) is 12.6 Å². The summed E-state index contributed by atoms with van der Waals surface area (Å²) < 4.78 is 1.38. The molecule has 1 fully saturated rings. The van der Waals surface area contributed by atoms with Crippen molar-refractivity contribution in [1.82, 2.24) is 4.90 Å². The van der Waals surface area contributed by atoms with Gasteiger partial charge in [-0.05, 0) is 85.5 Å². The molecule has 0 bridgehead atoms. The molecule has 1 heterocycles. The van der Waals surface area contributed by atoms with Crippen molar-refractivity contribution in [3.05, 3.63) is 32.4 Å².